The van der Waals surface area contributed by atoms with Crippen molar-refractivity contribution in [3.05, 3.63) is 27.5 Å². The number of methoxy groups -OCH3 is 1. The van der Waals surface area contributed by atoms with Crippen LogP contribution in [-0.2, 0) is 21.8 Å². The summed E-state index contributed by atoms with van der Waals surface area (Å²) in [7, 11) is 1.22. The first-order valence-electron chi connectivity index (χ1n) is 4.58. The van der Waals surface area contributed by atoms with Crippen LogP contribution in [-0.4, -0.2) is 18.1 Å². The number of ether oxygens (including phenoxy) is 1. The Labute approximate surface area is 110 Å². The lowest BCUT2D eigenvalue weighted by molar-refractivity contribution is -0.139. The number of nitrogens with zero attached hydrogens (tertiary/aromatic N) is 1. The van der Waals surface area contributed by atoms with E-state index in [0.717, 1.165) is 0 Å². The summed E-state index contributed by atoms with van der Waals surface area (Å²) in [5.41, 5.74) is 0.268. The highest BCUT2D eigenvalue weighted by Crippen LogP contribution is 2.30. The van der Waals surface area contributed by atoms with Gasteiger partial charge >= 0.3 is 5.97 Å². The first kappa shape index (κ1) is 14.3. The van der Waals surface area contributed by atoms with E-state index in [2.05, 4.69) is 25.7 Å². The Hall–Kier alpha value is -0.750. The minimum Gasteiger partial charge on any atom is -0.469 e. The molecule has 0 saturated heterocycles. The summed E-state index contributed by atoms with van der Waals surface area (Å²) in [5.74, 6) is -0.560. The molecule has 0 N–H and O–H groups in total. The number of alkyl halides is 3. The van der Waals surface area contributed by atoms with Crippen LogP contribution in [0.4, 0.5) is 8.78 Å². The summed E-state index contributed by atoms with van der Waals surface area (Å²) in [6, 6.07) is 1.17. The highest BCUT2D eigenvalue weighted by atomic mass is 79.9. The molecule has 0 aromatic carbocycles. The van der Waals surface area contributed by atoms with Crippen molar-refractivity contribution in [3.63, 3.8) is 0 Å². The lowest BCUT2D eigenvalue weighted by atomic mass is 10.1. The lowest BCUT2D eigenvalue weighted by Gasteiger charge is -2.09. The second-order valence-corrected chi connectivity index (χ2v) is 4.21. The molecule has 3 nitrogen and oxygen atoms in total. The normalized spacial score (nSPS) is 10.7. The highest BCUT2D eigenvalue weighted by molar-refractivity contribution is 9.10. The third kappa shape index (κ3) is 3.61. The Balaban J connectivity index is 3.15. The van der Waals surface area contributed by atoms with Crippen molar-refractivity contribution < 1.29 is 18.3 Å². The summed E-state index contributed by atoms with van der Waals surface area (Å²) < 4.78 is 30.1. The van der Waals surface area contributed by atoms with E-state index in [-0.39, 0.29) is 33.7 Å². The molecule has 0 aliphatic rings. The summed E-state index contributed by atoms with van der Waals surface area (Å²) in [5, 5.41) is 0. The van der Waals surface area contributed by atoms with Crippen LogP contribution in [0.5, 0.6) is 0 Å². The standard InChI is InChI=1S/C10H9BrClF2NO2/c1-17-8(16)3-5-2-6(10(13)14)9(11)7(4-12)15-5/h2,10H,3-4H2,1H3. The van der Waals surface area contributed by atoms with Crippen LogP contribution in [0.15, 0.2) is 10.5 Å². The van der Waals surface area contributed by atoms with Gasteiger partial charge in [-0.25, -0.2) is 8.78 Å². The molecule has 7 heteroatoms. The van der Waals surface area contributed by atoms with E-state index < -0.39 is 12.4 Å². The zero-order valence-electron chi connectivity index (χ0n) is 8.84. The van der Waals surface area contributed by atoms with Gasteiger partial charge in [-0.2, -0.15) is 0 Å². The molecule has 17 heavy (non-hydrogen) atoms. The first-order chi connectivity index (χ1) is 7.99. The molecule has 0 atom stereocenters. The molecular formula is C10H9BrClF2NO2. The topological polar surface area (TPSA) is 39.2 Å². The predicted octanol–water partition coefficient (Wildman–Crippen LogP) is 3.24. The first-order valence-corrected chi connectivity index (χ1v) is 5.91. The lowest BCUT2D eigenvalue weighted by Crippen LogP contribution is -2.08. The summed E-state index contributed by atoms with van der Waals surface area (Å²) in [6.07, 6.45) is -2.82. The van der Waals surface area contributed by atoms with Crippen LogP contribution < -0.4 is 0 Å². The van der Waals surface area contributed by atoms with Crippen LogP contribution in [0.3, 0.4) is 0 Å². The monoisotopic (exact) mass is 327 g/mol. The van der Waals surface area contributed by atoms with Crippen LogP contribution in [0.25, 0.3) is 0 Å². The van der Waals surface area contributed by atoms with E-state index in [1.165, 1.54) is 13.2 Å². The van der Waals surface area contributed by atoms with Gasteiger partial charge in [-0.05, 0) is 22.0 Å². The SMILES string of the molecule is COC(=O)Cc1cc(C(F)F)c(Br)c(CCl)n1. The van der Waals surface area contributed by atoms with E-state index in [0.29, 0.717) is 0 Å². The van der Waals surface area contributed by atoms with Gasteiger partial charge in [0.05, 0.1) is 30.8 Å². The van der Waals surface area contributed by atoms with Gasteiger partial charge in [0.2, 0.25) is 0 Å². The minimum absolute atomic E-state index is 0.0185. The van der Waals surface area contributed by atoms with Crippen molar-refractivity contribution in [2.45, 2.75) is 18.7 Å². The van der Waals surface area contributed by atoms with Crippen molar-refractivity contribution in [2.75, 3.05) is 7.11 Å². The molecule has 1 aromatic rings. The number of hydrogen-bond acceptors (Lipinski definition) is 3. The molecule has 0 bridgehead atoms. The fraction of sp³-hybridized carbons (Fsp3) is 0.400. The summed E-state index contributed by atoms with van der Waals surface area (Å²) >= 11 is 8.61. The van der Waals surface area contributed by atoms with Crippen LogP contribution >= 0.6 is 27.5 Å². The van der Waals surface area contributed by atoms with Crippen LogP contribution in [0.2, 0.25) is 0 Å². The van der Waals surface area contributed by atoms with E-state index in [4.69, 9.17) is 11.6 Å². The second kappa shape index (κ2) is 6.26. The average molecular weight is 329 g/mol. The molecule has 0 aliphatic heterocycles. The van der Waals surface area contributed by atoms with Crippen molar-refractivity contribution >= 4 is 33.5 Å². The van der Waals surface area contributed by atoms with Gasteiger partial charge in [0.1, 0.15) is 0 Å². The zero-order valence-corrected chi connectivity index (χ0v) is 11.2. The number of esters is 1. The molecule has 0 fully saturated rings. The number of halogens is 4. The molecule has 0 radical (unpaired) electrons. The Morgan fingerprint density at radius 1 is 1.65 bits per heavy atom. The summed E-state index contributed by atoms with van der Waals surface area (Å²) in [6.45, 7) is 0. The number of carbonyl (C=O) groups excluding carboxylic acids is 1. The van der Waals surface area contributed by atoms with Crippen LogP contribution in [0.1, 0.15) is 23.4 Å². The van der Waals surface area contributed by atoms with Gasteiger partial charge in [0.25, 0.3) is 6.43 Å². The Kier molecular flexibility index (Phi) is 5.27. The third-order valence-electron chi connectivity index (χ3n) is 2.02. The third-order valence-corrected chi connectivity index (χ3v) is 3.19. The van der Waals surface area contributed by atoms with Gasteiger partial charge in [0, 0.05) is 10.0 Å². The highest BCUT2D eigenvalue weighted by Gasteiger charge is 2.18. The van der Waals surface area contributed by atoms with Crippen LogP contribution in [0, 0.1) is 0 Å². The Bertz CT molecular complexity index is 429. The molecule has 1 rings (SSSR count). The second-order valence-electron chi connectivity index (χ2n) is 3.15. The maximum atomic E-state index is 12.7. The van der Waals surface area contributed by atoms with E-state index >= 15 is 0 Å². The molecular weight excluding hydrogens is 319 g/mol. The summed E-state index contributed by atoms with van der Waals surface area (Å²) in [4.78, 5) is 15.1. The van der Waals surface area contributed by atoms with E-state index in [9.17, 15) is 13.6 Å². The van der Waals surface area contributed by atoms with Gasteiger partial charge in [0.15, 0.2) is 0 Å². The fourth-order valence-corrected chi connectivity index (χ4v) is 2.09. The zero-order chi connectivity index (χ0) is 13.0. The average Bonchev–Trinajstić information content (AvgIpc) is 2.30. The number of pyridine rings is 1. The van der Waals surface area contributed by atoms with Gasteiger partial charge in [-0.15, -0.1) is 11.6 Å². The van der Waals surface area contributed by atoms with Gasteiger partial charge < -0.3 is 4.74 Å². The number of hydrogen-bond donors (Lipinski definition) is 0. The minimum atomic E-state index is -2.66. The van der Waals surface area contributed by atoms with Crippen molar-refractivity contribution in [1.82, 2.24) is 4.98 Å². The molecule has 1 heterocycles. The van der Waals surface area contributed by atoms with Gasteiger partial charge in [-0.3, -0.25) is 9.78 Å². The Morgan fingerprint density at radius 2 is 2.29 bits per heavy atom. The fourth-order valence-electron chi connectivity index (χ4n) is 1.22. The molecule has 1 aromatic heterocycles. The largest absolute Gasteiger partial charge is 0.469 e. The van der Waals surface area contributed by atoms with E-state index in [1.54, 1.807) is 0 Å². The molecule has 0 saturated carbocycles. The maximum absolute atomic E-state index is 12.7. The van der Waals surface area contributed by atoms with Gasteiger partial charge in [-0.1, -0.05) is 0 Å². The molecule has 0 amide bonds. The maximum Gasteiger partial charge on any atom is 0.311 e. The number of carbonyl (C=O) groups is 1. The quantitative estimate of drug-likeness (QED) is 0.629. The Morgan fingerprint density at radius 3 is 2.76 bits per heavy atom. The molecule has 0 aliphatic carbocycles. The van der Waals surface area contributed by atoms with Crippen molar-refractivity contribution in [2.24, 2.45) is 0 Å². The molecule has 0 spiro atoms. The predicted molar refractivity (Wildman–Crippen MR) is 62.2 cm³/mol. The molecule has 0 unspecified atom stereocenters. The number of rotatable bonds is 4. The smallest absolute Gasteiger partial charge is 0.311 e. The molecule has 94 valence electrons. The van der Waals surface area contributed by atoms with E-state index in [1.807, 2.05) is 0 Å². The van der Waals surface area contributed by atoms with Crippen molar-refractivity contribution in [1.29, 1.82) is 0 Å². The van der Waals surface area contributed by atoms with Crippen molar-refractivity contribution in [3.8, 4) is 0 Å². The number of aromatic nitrogens is 1.